The van der Waals surface area contributed by atoms with Gasteiger partial charge in [-0.3, -0.25) is 0 Å². The average Bonchev–Trinajstić information content (AvgIpc) is 2.48. The largest absolute Gasteiger partial charge is 0.479 e. The van der Waals surface area contributed by atoms with Crippen LogP contribution in [0.4, 0.5) is 14.5 Å². The molecule has 0 aliphatic heterocycles. The highest BCUT2D eigenvalue weighted by Gasteiger charge is 2.06. The molecule has 3 nitrogen and oxygen atoms in total. The lowest BCUT2D eigenvalue weighted by Crippen LogP contribution is -2.03. The number of anilines is 1. The Bertz CT molecular complexity index is 621. The number of nitrogens with zero attached hydrogens (tertiary/aromatic N) is 1. The van der Waals surface area contributed by atoms with Crippen LogP contribution in [0, 0.1) is 23.0 Å². The van der Waals surface area contributed by atoms with Gasteiger partial charge in [-0.25, -0.2) is 8.78 Å². The number of hydrogen-bond acceptors (Lipinski definition) is 3. The molecule has 0 bridgehead atoms. The van der Waals surface area contributed by atoms with Crippen molar-refractivity contribution in [1.29, 1.82) is 5.26 Å². The summed E-state index contributed by atoms with van der Waals surface area (Å²) in [4.78, 5) is 0. The smallest absolute Gasteiger partial charge is 0.174 e. The maximum absolute atomic E-state index is 13.4. The third-order valence-electron chi connectivity index (χ3n) is 2.67. The zero-order valence-electron chi connectivity index (χ0n) is 10.6. The topological polar surface area (TPSA) is 45.0 Å². The summed E-state index contributed by atoms with van der Waals surface area (Å²) < 4.78 is 31.6. The Kier molecular flexibility index (Phi) is 4.51. The highest BCUT2D eigenvalue weighted by molar-refractivity contribution is 5.46. The zero-order valence-corrected chi connectivity index (χ0v) is 10.6. The lowest BCUT2D eigenvalue weighted by Gasteiger charge is -2.08. The van der Waals surface area contributed by atoms with Gasteiger partial charge in [-0.05, 0) is 30.3 Å². The summed E-state index contributed by atoms with van der Waals surface area (Å²) in [5.41, 5.74) is 1.01. The van der Waals surface area contributed by atoms with Gasteiger partial charge >= 0.3 is 0 Å². The van der Waals surface area contributed by atoms with Crippen molar-refractivity contribution in [2.45, 2.75) is 6.54 Å². The molecule has 0 saturated heterocycles. The molecule has 0 aliphatic rings. The number of halogens is 2. The quantitative estimate of drug-likeness (QED) is 0.907. The molecule has 102 valence electrons. The Labute approximate surface area is 115 Å². The third-order valence-corrected chi connectivity index (χ3v) is 2.67. The van der Waals surface area contributed by atoms with Gasteiger partial charge < -0.3 is 10.1 Å². The van der Waals surface area contributed by atoms with E-state index in [0.29, 0.717) is 5.75 Å². The molecule has 0 aliphatic carbocycles. The first kappa shape index (κ1) is 13.8. The van der Waals surface area contributed by atoms with E-state index in [0.717, 1.165) is 11.8 Å². The minimum Gasteiger partial charge on any atom is -0.479 e. The van der Waals surface area contributed by atoms with Crippen molar-refractivity contribution in [2.24, 2.45) is 0 Å². The van der Waals surface area contributed by atoms with E-state index in [9.17, 15) is 8.78 Å². The van der Waals surface area contributed by atoms with Crippen LogP contribution >= 0.6 is 0 Å². The van der Waals surface area contributed by atoms with Crippen molar-refractivity contribution >= 4 is 5.69 Å². The van der Waals surface area contributed by atoms with Crippen LogP contribution in [0.15, 0.2) is 42.5 Å². The van der Waals surface area contributed by atoms with Crippen LogP contribution in [-0.4, -0.2) is 6.61 Å². The molecule has 2 aromatic carbocycles. The first-order valence-electron chi connectivity index (χ1n) is 5.97. The average molecular weight is 274 g/mol. The standard InChI is InChI=1S/C15H12F2N2O/c16-14-3-1-2-11(15(14)17)10-19-12-4-6-13(7-5-12)20-9-8-18/h1-7,19H,9-10H2. The summed E-state index contributed by atoms with van der Waals surface area (Å²) in [6.45, 7) is 0.170. The minimum absolute atomic E-state index is 0.0126. The molecular weight excluding hydrogens is 262 g/mol. The molecule has 0 atom stereocenters. The Morgan fingerprint density at radius 1 is 1.10 bits per heavy atom. The van der Waals surface area contributed by atoms with Crippen LogP contribution in [-0.2, 0) is 6.54 Å². The van der Waals surface area contributed by atoms with Gasteiger partial charge in [0.2, 0.25) is 0 Å². The maximum Gasteiger partial charge on any atom is 0.174 e. The summed E-state index contributed by atoms with van der Waals surface area (Å²) in [6.07, 6.45) is 0. The molecule has 0 fully saturated rings. The summed E-state index contributed by atoms with van der Waals surface area (Å²) in [7, 11) is 0. The van der Waals surface area contributed by atoms with E-state index in [4.69, 9.17) is 10.00 Å². The van der Waals surface area contributed by atoms with E-state index in [1.807, 2.05) is 6.07 Å². The van der Waals surface area contributed by atoms with Crippen LogP contribution < -0.4 is 10.1 Å². The SMILES string of the molecule is N#CCOc1ccc(NCc2cccc(F)c2F)cc1. The lowest BCUT2D eigenvalue weighted by molar-refractivity contribution is 0.368. The van der Waals surface area contributed by atoms with Crippen LogP contribution in [0.2, 0.25) is 0 Å². The molecule has 20 heavy (non-hydrogen) atoms. The second-order valence-corrected chi connectivity index (χ2v) is 4.04. The maximum atomic E-state index is 13.4. The van der Waals surface area contributed by atoms with Crippen LogP contribution in [0.3, 0.4) is 0 Å². The Morgan fingerprint density at radius 3 is 2.55 bits per heavy atom. The van der Waals surface area contributed by atoms with Crippen molar-refractivity contribution < 1.29 is 13.5 Å². The molecule has 1 N–H and O–H groups in total. The molecule has 0 heterocycles. The molecule has 0 unspecified atom stereocenters. The van der Waals surface area contributed by atoms with Gasteiger partial charge in [0.15, 0.2) is 18.2 Å². The Balaban J connectivity index is 1.97. The number of ether oxygens (including phenoxy) is 1. The number of nitrogens with one attached hydrogen (secondary N) is 1. The van der Waals surface area contributed by atoms with Gasteiger partial charge in [0.05, 0.1) is 0 Å². The molecular formula is C15H12F2N2O. The second-order valence-electron chi connectivity index (χ2n) is 4.04. The zero-order chi connectivity index (χ0) is 14.4. The third kappa shape index (κ3) is 3.45. The predicted molar refractivity (Wildman–Crippen MR) is 71.2 cm³/mol. The number of hydrogen-bond donors (Lipinski definition) is 1. The number of rotatable bonds is 5. The van der Waals surface area contributed by atoms with Gasteiger partial charge in [0.25, 0.3) is 0 Å². The van der Waals surface area contributed by atoms with E-state index >= 15 is 0 Å². The van der Waals surface area contributed by atoms with Gasteiger partial charge in [-0.2, -0.15) is 5.26 Å². The van der Waals surface area contributed by atoms with E-state index in [1.165, 1.54) is 12.1 Å². The van der Waals surface area contributed by atoms with Crippen molar-refractivity contribution in [3.05, 3.63) is 59.7 Å². The van der Waals surface area contributed by atoms with Crippen LogP contribution in [0.25, 0.3) is 0 Å². The fourth-order valence-electron chi connectivity index (χ4n) is 1.67. The summed E-state index contributed by atoms with van der Waals surface area (Å²) in [5, 5.41) is 11.4. The number of nitriles is 1. The van der Waals surface area contributed by atoms with Gasteiger partial charge in [0.1, 0.15) is 11.8 Å². The van der Waals surface area contributed by atoms with E-state index in [1.54, 1.807) is 24.3 Å². The molecule has 5 heteroatoms. The van der Waals surface area contributed by atoms with Gasteiger partial charge in [-0.15, -0.1) is 0 Å². The van der Waals surface area contributed by atoms with E-state index < -0.39 is 11.6 Å². The Morgan fingerprint density at radius 2 is 1.85 bits per heavy atom. The summed E-state index contributed by atoms with van der Waals surface area (Å²) in [5.74, 6) is -1.12. The van der Waals surface area contributed by atoms with Crippen LogP contribution in [0.1, 0.15) is 5.56 Å². The first-order valence-corrected chi connectivity index (χ1v) is 5.97. The van der Waals surface area contributed by atoms with E-state index in [-0.39, 0.29) is 18.7 Å². The monoisotopic (exact) mass is 274 g/mol. The molecule has 0 saturated carbocycles. The highest BCUT2D eigenvalue weighted by atomic mass is 19.2. The van der Waals surface area contributed by atoms with Crippen LogP contribution in [0.5, 0.6) is 5.75 Å². The van der Waals surface area contributed by atoms with Gasteiger partial charge in [0, 0.05) is 17.8 Å². The van der Waals surface area contributed by atoms with E-state index in [2.05, 4.69) is 5.32 Å². The molecule has 0 amide bonds. The van der Waals surface area contributed by atoms with Gasteiger partial charge in [-0.1, -0.05) is 12.1 Å². The Hall–Kier alpha value is -2.61. The fourth-order valence-corrected chi connectivity index (χ4v) is 1.67. The van der Waals surface area contributed by atoms with Crippen molar-refractivity contribution in [1.82, 2.24) is 0 Å². The summed E-state index contributed by atoms with van der Waals surface area (Å²) >= 11 is 0. The highest BCUT2D eigenvalue weighted by Crippen LogP contribution is 2.17. The second kappa shape index (κ2) is 6.53. The molecule has 0 radical (unpaired) electrons. The fraction of sp³-hybridized carbons (Fsp3) is 0.133. The molecule has 0 aromatic heterocycles. The predicted octanol–water partition coefficient (Wildman–Crippen LogP) is 3.48. The lowest BCUT2D eigenvalue weighted by atomic mass is 10.2. The first-order chi connectivity index (χ1) is 9.70. The molecule has 2 rings (SSSR count). The molecule has 2 aromatic rings. The van der Waals surface area contributed by atoms with Crippen molar-refractivity contribution in [3.63, 3.8) is 0 Å². The molecule has 0 spiro atoms. The normalized spacial score (nSPS) is 9.85. The van der Waals surface area contributed by atoms with Crippen molar-refractivity contribution in [3.8, 4) is 11.8 Å². The number of benzene rings is 2. The summed E-state index contributed by atoms with van der Waals surface area (Å²) in [6, 6.07) is 12.8. The van der Waals surface area contributed by atoms with Crippen molar-refractivity contribution in [2.75, 3.05) is 11.9 Å². The minimum atomic E-state index is -0.857.